The summed E-state index contributed by atoms with van der Waals surface area (Å²) in [5.74, 6) is 0.335. The lowest BCUT2D eigenvalue weighted by Gasteiger charge is -2.11. The summed E-state index contributed by atoms with van der Waals surface area (Å²) in [6, 6.07) is 5.83. The van der Waals surface area contributed by atoms with E-state index in [-0.39, 0.29) is 16.9 Å². The lowest BCUT2D eigenvalue weighted by molar-refractivity contribution is -0.389. The zero-order chi connectivity index (χ0) is 16.3. The largest absolute Gasteiger partial charge is 0.496 e. The van der Waals surface area contributed by atoms with Gasteiger partial charge >= 0.3 is 5.82 Å². The van der Waals surface area contributed by atoms with E-state index in [1.54, 1.807) is 7.11 Å². The molecule has 1 aromatic carbocycles. The second-order valence-electron chi connectivity index (χ2n) is 5.08. The van der Waals surface area contributed by atoms with Gasteiger partial charge in [0.15, 0.2) is 5.02 Å². The molecule has 2 aromatic rings. The van der Waals surface area contributed by atoms with Crippen LogP contribution in [0.2, 0.25) is 5.02 Å². The number of rotatable bonds is 6. The molecule has 0 amide bonds. The van der Waals surface area contributed by atoms with E-state index in [0.29, 0.717) is 12.3 Å². The molecule has 0 radical (unpaired) electrons. The Labute approximate surface area is 132 Å². The maximum absolute atomic E-state index is 10.8. The summed E-state index contributed by atoms with van der Waals surface area (Å²) in [4.78, 5) is 10.2. The van der Waals surface area contributed by atoms with E-state index < -0.39 is 4.92 Å². The zero-order valence-corrected chi connectivity index (χ0v) is 13.1. The van der Waals surface area contributed by atoms with Crippen LogP contribution < -0.4 is 10.5 Å². The Balaban J connectivity index is 2.25. The first-order chi connectivity index (χ1) is 10.4. The Bertz CT molecular complexity index is 685. The third-order valence-corrected chi connectivity index (χ3v) is 3.38. The molecule has 1 unspecified atom stereocenters. The van der Waals surface area contributed by atoms with E-state index in [4.69, 9.17) is 22.1 Å². The molecule has 0 aliphatic rings. The Hall–Kier alpha value is -2.12. The standard InChI is InChI=1S/C14H17ClN4O3/c1-9(16)5-10-3-4-11(13(6-10)22-2)7-18-8-12(15)14(17-18)19(20)21/h3-4,6,8-9H,5,7,16H2,1-2H3. The number of aromatic nitrogens is 2. The van der Waals surface area contributed by atoms with Crippen LogP contribution in [0.4, 0.5) is 5.82 Å². The highest BCUT2D eigenvalue weighted by Crippen LogP contribution is 2.25. The van der Waals surface area contributed by atoms with Gasteiger partial charge in [-0.2, -0.15) is 4.68 Å². The van der Waals surface area contributed by atoms with Crippen LogP contribution in [0.15, 0.2) is 24.4 Å². The van der Waals surface area contributed by atoms with Crippen molar-refractivity contribution in [3.05, 3.63) is 50.7 Å². The van der Waals surface area contributed by atoms with Crippen molar-refractivity contribution in [3.8, 4) is 5.75 Å². The molecule has 7 nitrogen and oxygen atoms in total. The Morgan fingerprint density at radius 2 is 2.27 bits per heavy atom. The van der Waals surface area contributed by atoms with Crippen LogP contribution >= 0.6 is 11.6 Å². The van der Waals surface area contributed by atoms with Gasteiger partial charge in [0.05, 0.1) is 25.0 Å². The average molecular weight is 325 g/mol. The van der Waals surface area contributed by atoms with Gasteiger partial charge in [0.25, 0.3) is 0 Å². The van der Waals surface area contributed by atoms with Gasteiger partial charge in [-0.15, -0.1) is 0 Å². The monoisotopic (exact) mass is 324 g/mol. The summed E-state index contributed by atoms with van der Waals surface area (Å²) in [5.41, 5.74) is 7.71. The Kier molecular flexibility index (Phi) is 4.99. The first kappa shape index (κ1) is 16.3. The minimum Gasteiger partial charge on any atom is -0.496 e. The van der Waals surface area contributed by atoms with Crippen LogP contribution in [0.5, 0.6) is 5.75 Å². The zero-order valence-electron chi connectivity index (χ0n) is 12.3. The van der Waals surface area contributed by atoms with E-state index in [1.165, 1.54) is 10.9 Å². The highest BCUT2D eigenvalue weighted by molar-refractivity contribution is 6.32. The van der Waals surface area contributed by atoms with Crippen LogP contribution in [0.3, 0.4) is 0 Å². The molecule has 0 bridgehead atoms. The Morgan fingerprint density at radius 1 is 1.55 bits per heavy atom. The number of hydrogen-bond donors (Lipinski definition) is 1. The molecular weight excluding hydrogens is 308 g/mol. The van der Waals surface area contributed by atoms with Crippen LogP contribution in [0, 0.1) is 10.1 Å². The summed E-state index contributed by atoms with van der Waals surface area (Å²) in [7, 11) is 1.58. The fraction of sp³-hybridized carbons (Fsp3) is 0.357. The van der Waals surface area contributed by atoms with E-state index in [9.17, 15) is 10.1 Å². The van der Waals surface area contributed by atoms with Crippen LogP contribution in [-0.2, 0) is 13.0 Å². The van der Waals surface area contributed by atoms with Gasteiger partial charge in [-0.05, 0) is 29.9 Å². The molecule has 0 aliphatic heterocycles. The molecule has 118 valence electrons. The molecule has 1 heterocycles. The lowest BCUT2D eigenvalue weighted by atomic mass is 10.0. The molecule has 0 fully saturated rings. The number of nitro groups is 1. The van der Waals surface area contributed by atoms with Crippen LogP contribution in [-0.4, -0.2) is 27.9 Å². The molecule has 0 saturated heterocycles. The molecule has 2 rings (SSSR count). The number of nitrogens with two attached hydrogens (primary N) is 1. The van der Waals surface area contributed by atoms with Gasteiger partial charge < -0.3 is 20.6 Å². The van der Waals surface area contributed by atoms with Crippen molar-refractivity contribution in [1.82, 2.24) is 9.78 Å². The molecule has 1 atom stereocenters. The minimum atomic E-state index is -0.609. The van der Waals surface area contributed by atoms with Crippen molar-refractivity contribution < 1.29 is 9.66 Å². The topological polar surface area (TPSA) is 96.2 Å². The summed E-state index contributed by atoms with van der Waals surface area (Å²) in [6.07, 6.45) is 2.17. The van der Waals surface area contributed by atoms with Gasteiger partial charge in [0, 0.05) is 11.6 Å². The van der Waals surface area contributed by atoms with E-state index >= 15 is 0 Å². The van der Waals surface area contributed by atoms with Crippen molar-refractivity contribution >= 4 is 17.4 Å². The van der Waals surface area contributed by atoms with Gasteiger partial charge in [0.2, 0.25) is 0 Å². The SMILES string of the molecule is COc1cc(CC(C)N)ccc1Cn1cc(Cl)c([N+](=O)[O-])n1. The third-order valence-electron chi connectivity index (χ3n) is 3.11. The number of methoxy groups -OCH3 is 1. The van der Waals surface area contributed by atoms with Crippen molar-refractivity contribution in [2.75, 3.05) is 7.11 Å². The third kappa shape index (κ3) is 3.75. The summed E-state index contributed by atoms with van der Waals surface area (Å²) in [6.45, 7) is 2.26. The van der Waals surface area contributed by atoms with Crippen molar-refractivity contribution in [2.45, 2.75) is 25.9 Å². The average Bonchev–Trinajstić information content (AvgIpc) is 2.81. The predicted molar refractivity (Wildman–Crippen MR) is 83.3 cm³/mol. The van der Waals surface area contributed by atoms with Gasteiger partial charge in [0.1, 0.15) is 5.75 Å². The fourth-order valence-corrected chi connectivity index (χ4v) is 2.40. The number of benzene rings is 1. The molecule has 1 aromatic heterocycles. The second kappa shape index (κ2) is 6.76. The van der Waals surface area contributed by atoms with Crippen LogP contribution in [0.25, 0.3) is 0 Å². The molecule has 2 N–H and O–H groups in total. The molecule has 22 heavy (non-hydrogen) atoms. The highest BCUT2D eigenvalue weighted by atomic mass is 35.5. The quantitative estimate of drug-likeness (QED) is 0.650. The van der Waals surface area contributed by atoms with E-state index in [1.807, 2.05) is 25.1 Å². The predicted octanol–water partition coefficient (Wildman–Crippen LogP) is 2.39. The molecule has 8 heteroatoms. The van der Waals surface area contributed by atoms with Crippen molar-refractivity contribution in [2.24, 2.45) is 5.73 Å². The summed E-state index contributed by atoms with van der Waals surface area (Å²) < 4.78 is 6.80. The molecule has 0 saturated carbocycles. The molecular formula is C14H17ClN4O3. The maximum atomic E-state index is 10.8. The van der Waals surface area contributed by atoms with Crippen LogP contribution in [0.1, 0.15) is 18.1 Å². The summed E-state index contributed by atoms with van der Waals surface area (Å²) >= 11 is 5.79. The second-order valence-corrected chi connectivity index (χ2v) is 5.49. The lowest BCUT2D eigenvalue weighted by Crippen LogP contribution is -2.17. The fourth-order valence-electron chi connectivity index (χ4n) is 2.18. The van der Waals surface area contributed by atoms with E-state index in [2.05, 4.69) is 5.10 Å². The first-order valence-electron chi connectivity index (χ1n) is 6.69. The molecule has 0 spiro atoms. The number of ether oxygens (including phenoxy) is 1. The van der Waals surface area contributed by atoms with Crippen molar-refractivity contribution in [1.29, 1.82) is 0 Å². The van der Waals surface area contributed by atoms with Gasteiger partial charge in [-0.3, -0.25) is 0 Å². The van der Waals surface area contributed by atoms with Gasteiger partial charge in [-0.1, -0.05) is 23.7 Å². The molecule has 0 aliphatic carbocycles. The van der Waals surface area contributed by atoms with Gasteiger partial charge in [-0.25, -0.2) is 0 Å². The van der Waals surface area contributed by atoms with Crippen molar-refractivity contribution in [3.63, 3.8) is 0 Å². The maximum Gasteiger partial charge on any atom is 0.408 e. The highest BCUT2D eigenvalue weighted by Gasteiger charge is 2.19. The summed E-state index contributed by atoms with van der Waals surface area (Å²) in [5, 5.41) is 14.6. The smallest absolute Gasteiger partial charge is 0.408 e. The minimum absolute atomic E-state index is 0.0116. The Morgan fingerprint density at radius 3 is 2.82 bits per heavy atom. The number of hydrogen-bond acceptors (Lipinski definition) is 5. The number of halogens is 1. The number of nitrogens with zero attached hydrogens (tertiary/aromatic N) is 3. The van der Waals surface area contributed by atoms with E-state index in [0.717, 1.165) is 17.5 Å². The first-order valence-corrected chi connectivity index (χ1v) is 7.07. The normalized spacial score (nSPS) is 12.2.